The van der Waals surface area contributed by atoms with E-state index in [1.807, 2.05) is 7.05 Å². The van der Waals surface area contributed by atoms with Crippen LogP contribution in [0.3, 0.4) is 0 Å². The van der Waals surface area contributed by atoms with Crippen molar-refractivity contribution in [3.8, 4) is 0 Å². The van der Waals surface area contributed by atoms with Gasteiger partial charge in [0.1, 0.15) is 0 Å². The van der Waals surface area contributed by atoms with Crippen molar-refractivity contribution in [1.82, 2.24) is 5.32 Å². The molecule has 1 N–H and O–H groups in total. The second kappa shape index (κ2) is 2.27. The smallest absolute Gasteiger partial charge is 0.0674 e. The van der Waals surface area contributed by atoms with Gasteiger partial charge in [-0.25, -0.2) is 0 Å². The van der Waals surface area contributed by atoms with Crippen molar-refractivity contribution in [2.75, 3.05) is 20.3 Å². The highest BCUT2D eigenvalue weighted by Gasteiger charge is 2.39. The SMILES string of the molecule is CNC1(C(C)C)COC1.[HH]. The topological polar surface area (TPSA) is 21.3 Å². The number of ether oxygens (including phenoxy) is 1. The fourth-order valence-electron chi connectivity index (χ4n) is 1.09. The van der Waals surface area contributed by atoms with Crippen molar-refractivity contribution in [3.63, 3.8) is 0 Å². The molecule has 0 spiro atoms. The van der Waals surface area contributed by atoms with E-state index in [0.717, 1.165) is 13.2 Å². The van der Waals surface area contributed by atoms with Crippen LogP contribution in [0.15, 0.2) is 0 Å². The average molecular weight is 131 g/mol. The molecule has 0 atom stereocenters. The van der Waals surface area contributed by atoms with E-state index >= 15 is 0 Å². The van der Waals surface area contributed by atoms with Crippen LogP contribution in [0.2, 0.25) is 0 Å². The Morgan fingerprint density at radius 2 is 2.11 bits per heavy atom. The minimum absolute atomic E-state index is 0. The Morgan fingerprint density at radius 1 is 1.56 bits per heavy atom. The molecule has 1 rings (SSSR count). The standard InChI is InChI=1S/C7H15NO.H2/c1-6(2)7(8-3)4-9-5-7;/h6,8H,4-5H2,1-3H3;1H. The molecule has 0 unspecified atom stereocenters. The number of hydrogen-bond donors (Lipinski definition) is 1. The lowest BCUT2D eigenvalue weighted by Gasteiger charge is -2.44. The largest absolute Gasteiger partial charge is 0.377 e. The van der Waals surface area contributed by atoms with Crippen LogP contribution >= 0.6 is 0 Å². The minimum atomic E-state index is 0. The average Bonchev–Trinajstić information content (AvgIpc) is 1.62. The molecule has 0 aromatic carbocycles. The molecular formula is C7H17NO. The Hall–Kier alpha value is -0.0800. The van der Waals surface area contributed by atoms with Gasteiger partial charge in [-0.05, 0) is 13.0 Å². The van der Waals surface area contributed by atoms with Crippen molar-refractivity contribution in [3.05, 3.63) is 0 Å². The van der Waals surface area contributed by atoms with Crippen molar-refractivity contribution in [1.29, 1.82) is 0 Å². The molecule has 2 heteroatoms. The predicted octanol–water partition coefficient (Wildman–Crippen LogP) is 0.877. The number of likely N-dealkylation sites (N-methyl/N-ethyl adjacent to an activating group) is 1. The van der Waals surface area contributed by atoms with Gasteiger partial charge in [0, 0.05) is 1.43 Å². The molecule has 2 nitrogen and oxygen atoms in total. The fraction of sp³-hybridized carbons (Fsp3) is 1.00. The van der Waals surface area contributed by atoms with Crippen LogP contribution in [-0.4, -0.2) is 25.8 Å². The molecule has 0 amide bonds. The molecule has 9 heavy (non-hydrogen) atoms. The third kappa shape index (κ3) is 0.970. The van der Waals surface area contributed by atoms with Crippen LogP contribution in [-0.2, 0) is 4.74 Å². The van der Waals surface area contributed by atoms with Gasteiger partial charge in [-0.2, -0.15) is 0 Å². The van der Waals surface area contributed by atoms with Gasteiger partial charge >= 0.3 is 0 Å². The molecule has 56 valence electrons. The lowest BCUT2D eigenvalue weighted by Crippen LogP contribution is -2.62. The Balaban J connectivity index is 0.000000810. The molecule has 0 aromatic rings. The summed E-state index contributed by atoms with van der Waals surface area (Å²) >= 11 is 0. The minimum Gasteiger partial charge on any atom is -0.377 e. The highest BCUT2D eigenvalue weighted by Crippen LogP contribution is 2.24. The maximum atomic E-state index is 5.13. The molecule has 1 saturated heterocycles. The summed E-state index contributed by atoms with van der Waals surface area (Å²) in [5.74, 6) is 0.677. The Labute approximate surface area is 58.1 Å². The van der Waals surface area contributed by atoms with E-state index in [1.165, 1.54) is 0 Å². The monoisotopic (exact) mass is 131 g/mol. The molecule has 0 bridgehead atoms. The molecule has 0 saturated carbocycles. The van der Waals surface area contributed by atoms with Gasteiger partial charge in [-0.1, -0.05) is 13.8 Å². The summed E-state index contributed by atoms with van der Waals surface area (Å²) < 4.78 is 5.13. The lowest BCUT2D eigenvalue weighted by molar-refractivity contribution is -0.0937. The maximum Gasteiger partial charge on any atom is 0.0674 e. The Morgan fingerprint density at radius 3 is 2.11 bits per heavy atom. The molecule has 0 radical (unpaired) electrons. The first kappa shape index (κ1) is 7.03. The van der Waals surface area contributed by atoms with Crippen LogP contribution in [0.5, 0.6) is 0 Å². The molecule has 1 aliphatic heterocycles. The summed E-state index contributed by atoms with van der Waals surface area (Å²) in [5.41, 5.74) is 0.292. The van der Waals surface area contributed by atoms with Gasteiger partial charge in [-0.15, -0.1) is 0 Å². The van der Waals surface area contributed by atoms with Crippen LogP contribution in [0.1, 0.15) is 15.3 Å². The second-order valence-corrected chi connectivity index (χ2v) is 3.05. The third-order valence-electron chi connectivity index (χ3n) is 2.32. The molecule has 1 heterocycles. The maximum absolute atomic E-state index is 5.13. The highest BCUT2D eigenvalue weighted by atomic mass is 16.5. The van der Waals surface area contributed by atoms with Gasteiger partial charge < -0.3 is 10.1 Å². The summed E-state index contributed by atoms with van der Waals surface area (Å²) in [4.78, 5) is 0. The third-order valence-corrected chi connectivity index (χ3v) is 2.32. The van der Waals surface area contributed by atoms with E-state index in [4.69, 9.17) is 4.74 Å². The summed E-state index contributed by atoms with van der Waals surface area (Å²) in [5, 5.41) is 3.29. The van der Waals surface area contributed by atoms with E-state index in [-0.39, 0.29) is 1.43 Å². The Kier molecular flexibility index (Phi) is 1.78. The molecular weight excluding hydrogens is 114 g/mol. The number of rotatable bonds is 2. The molecule has 1 aliphatic rings. The number of nitrogens with one attached hydrogen (secondary N) is 1. The summed E-state index contributed by atoms with van der Waals surface area (Å²) in [7, 11) is 2.00. The van der Waals surface area contributed by atoms with Crippen LogP contribution < -0.4 is 5.32 Å². The zero-order chi connectivity index (χ0) is 6.91. The Bertz CT molecular complexity index is 96.3. The number of hydrogen-bond acceptors (Lipinski definition) is 2. The van der Waals surface area contributed by atoms with Crippen molar-refractivity contribution < 1.29 is 6.16 Å². The van der Waals surface area contributed by atoms with E-state index in [0.29, 0.717) is 11.5 Å². The first-order chi connectivity index (χ1) is 4.21. The zero-order valence-electron chi connectivity index (χ0n) is 6.40. The van der Waals surface area contributed by atoms with Gasteiger partial charge in [-0.3, -0.25) is 0 Å². The summed E-state index contributed by atoms with van der Waals surface area (Å²) in [6, 6.07) is 0. The van der Waals surface area contributed by atoms with Crippen molar-refractivity contribution in [2.45, 2.75) is 19.4 Å². The molecule has 1 fully saturated rings. The quantitative estimate of drug-likeness (QED) is 0.600. The summed E-state index contributed by atoms with van der Waals surface area (Å²) in [6.45, 7) is 6.19. The first-order valence-electron chi connectivity index (χ1n) is 3.48. The van der Waals surface area contributed by atoms with E-state index in [9.17, 15) is 0 Å². The predicted molar refractivity (Wildman–Crippen MR) is 39.6 cm³/mol. The first-order valence-corrected chi connectivity index (χ1v) is 3.48. The van der Waals surface area contributed by atoms with Crippen molar-refractivity contribution >= 4 is 0 Å². The lowest BCUT2D eigenvalue weighted by atomic mass is 9.85. The molecule has 0 aromatic heterocycles. The normalized spacial score (nSPS) is 24.0. The van der Waals surface area contributed by atoms with E-state index < -0.39 is 0 Å². The zero-order valence-corrected chi connectivity index (χ0v) is 6.40. The second-order valence-electron chi connectivity index (χ2n) is 3.05. The van der Waals surface area contributed by atoms with Gasteiger partial charge in [0.15, 0.2) is 0 Å². The van der Waals surface area contributed by atoms with Gasteiger partial charge in [0.05, 0.1) is 18.8 Å². The van der Waals surface area contributed by atoms with Gasteiger partial charge in [0.25, 0.3) is 0 Å². The van der Waals surface area contributed by atoms with Crippen LogP contribution in [0, 0.1) is 5.92 Å². The summed E-state index contributed by atoms with van der Waals surface area (Å²) in [6.07, 6.45) is 0. The van der Waals surface area contributed by atoms with Crippen molar-refractivity contribution in [2.24, 2.45) is 5.92 Å². The highest BCUT2D eigenvalue weighted by molar-refractivity contribution is 4.95. The fourth-order valence-corrected chi connectivity index (χ4v) is 1.09. The van der Waals surface area contributed by atoms with E-state index in [2.05, 4.69) is 19.2 Å². The van der Waals surface area contributed by atoms with Crippen LogP contribution in [0.4, 0.5) is 0 Å². The molecule has 0 aliphatic carbocycles. The van der Waals surface area contributed by atoms with Crippen LogP contribution in [0.25, 0.3) is 0 Å². The van der Waals surface area contributed by atoms with E-state index in [1.54, 1.807) is 0 Å². The van der Waals surface area contributed by atoms with Gasteiger partial charge in [0.2, 0.25) is 0 Å².